The van der Waals surface area contributed by atoms with E-state index in [1.807, 2.05) is 6.07 Å². The molecule has 0 aliphatic carbocycles. The number of nitrogens with two attached hydrogens (primary N) is 1. The molecule has 0 saturated heterocycles. The second kappa shape index (κ2) is 8.16. The summed E-state index contributed by atoms with van der Waals surface area (Å²) in [6.45, 7) is 3.41. The highest BCUT2D eigenvalue weighted by molar-refractivity contribution is 5.92. The number of hydrogen-bond donors (Lipinski definition) is 2. The second-order valence-electron chi connectivity index (χ2n) is 7.89. The molecule has 0 unspecified atom stereocenters. The van der Waals surface area contributed by atoms with Crippen molar-refractivity contribution in [3.63, 3.8) is 0 Å². The number of nitrogens with zero attached hydrogens (tertiary/aromatic N) is 2. The quantitative estimate of drug-likeness (QED) is 0.592. The van der Waals surface area contributed by atoms with Crippen molar-refractivity contribution in [1.82, 2.24) is 15.1 Å². The summed E-state index contributed by atoms with van der Waals surface area (Å²) in [5.41, 5.74) is 8.29. The van der Waals surface area contributed by atoms with Crippen molar-refractivity contribution in [3.8, 4) is 5.69 Å². The summed E-state index contributed by atoms with van der Waals surface area (Å²) >= 11 is 0. The summed E-state index contributed by atoms with van der Waals surface area (Å²) in [5.74, 6) is -3.62. The molecule has 4 rings (SSSR count). The number of benzene rings is 2. The van der Waals surface area contributed by atoms with Gasteiger partial charge in [0.2, 0.25) is 0 Å². The first-order chi connectivity index (χ1) is 15.1. The van der Waals surface area contributed by atoms with Gasteiger partial charge in [-0.05, 0) is 60.0 Å². The molecule has 1 aliphatic rings. The molecule has 0 saturated carbocycles. The molecule has 0 spiro atoms. The van der Waals surface area contributed by atoms with E-state index < -0.39 is 17.9 Å². The van der Waals surface area contributed by atoms with Gasteiger partial charge in [0, 0.05) is 24.2 Å². The third-order valence-corrected chi connectivity index (χ3v) is 5.31. The second-order valence-corrected chi connectivity index (χ2v) is 7.89. The maximum Gasteiger partial charge on any atom is 0.272 e. The van der Waals surface area contributed by atoms with Crippen LogP contribution in [0.4, 0.5) is 14.5 Å². The molecule has 1 atom stereocenters. The van der Waals surface area contributed by atoms with E-state index in [1.165, 1.54) is 30.3 Å². The molecule has 9 heteroatoms. The Morgan fingerprint density at radius 2 is 1.91 bits per heavy atom. The lowest BCUT2D eigenvalue weighted by Gasteiger charge is -2.18. The van der Waals surface area contributed by atoms with E-state index in [0.717, 1.165) is 22.7 Å². The van der Waals surface area contributed by atoms with Crippen molar-refractivity contribution in [2.75, 3.05) is 5.73 Å². The third-order valence-electron chi connectivity index (χ3n) is 5.31. The Balaban J connectivity index is 1.59. The van der Waals surface area contributed by atoms with E-state index in [-0.39, 0.29) is 22.5 Å². The molecular formula is C23H22F2N4O3. The zero-order valence-corrected chi connectivity index (χ0v) is 17.6. The number of hydrogen-bond acceptors (Lipinski definition) is 5. The predicted molar refractivity (Wildman–Crippen MR) is 115 cm³/mol. The van der Waals surface area contributed by atoms with Crippen LogP contribution < -0.4 is 16.6 Å². The van der Waals surface area contributed by atoms with Crippen LogP contribution in [0.25, 0.3) is 5.69 Å². The number of alkyl halides is 2. The molecular weight excluding hydrogens is 418 g/mol. The van der Waals surface area contributed by atoms with Gasteiger partial charge in [-0.25, -0.2) is 8.78 Å². The fourth-order valence-corrected chi connectivity index (χ4v) is 3.54. The molecule has 3 N–H and O–H groups in total. The van der Waals surface area contributed by atoms with E-state index in [0.29, 0.717) is 24.5 Å². The molecule has 1 amide bonds. The molecule has 32 heavy (non-hydrogen) atoms. The Morgan fingerprint density at radius 1 is 1.16 bits per heavy atom. The van der Waals surface area contributed by atoms with Gasteiger partial charge in [-0.15, -0.1) is 0 Å². The minimum atomic E-state index is -3.06. The van der Waals surface area contributed by atoms with E-state index >= 15 is 0 Å². The summed E-state index contributed by atoms with van der Waals surface area (Å²) in [7, 11) is 0. The molecule has 3 aromatic rings. The monoisotopic (exact) mass is 440 g/mol. The van der Waals surface area contributed by atoms with Gasteiger partial charge in [0.1, 0.15) is 5.69 Å². The van der Waals surface area contributed by atoms with Crippen LogP contribution in [0.3, 0.4) is 0 Å². The van der Waals surface area contributed by atoms with Crippen molar-refractivity contribution < 1.29 is 18.3 Å². The molecule has 7 nitrogen and oxygen atoms in total. The number of aromatic nitrogens is 2. The molecule has 2 heterocycles. The number of nitrogen functional groups attached to an aromatic ring is 1. The Hall–Kier alpha value is -3.59. The number of carbonyl (C=O) groups is 1. The van der Waals surface area contributed by atoms with Gasteiger partial charge in [0.05, 0.1) is 24.9 Å². The Labute approximate surface area is 182 Å². The number of nitrogens with one attached hydrogen (secondary N) is 1. The van der Waals surface area contributed by atoms with Crippen LogP contribution in [0, 0.1) is 0 Å². The SMILES string of the molecule is C[C@@H](NC(=O)c1ccc(=O)n(-c2ccc3c(c2)COC3)n1)c1cc(N)cc(C(C)(F)F)c1. The van der Waals surface area contributed by atoms with Gasteiger partial charge in [0.15, 0.2) is 0 Å². The van der Waals surface area contributed by atoms with Crippen LogP contribution in [-0.4, -0.2) is 15.7 Å². The molecule has 0 bridgehead atoms. The lowest BCUT2D eigenvalue weighted by molar-refractivity contribution is 0.0174. The number of fused-ring (bicyclic) bond motifs is 1. The minimum absolute atomic E-state index is 0.0122. The topological polar surface area (TPSA) is 99.2 Å². The number of rotatable bonds is 5. The Bertz CT molecular complexity index is 1250. The third kappa shape index (κ3) is 4.38. The van der Waals surface area contributed by atoms with Crippen molar-refractivity contribution in [1.29, 1.82) is 0 Å². The number of amides is 1. The number of anilines is 1. The average molecular weight is 440 g/mol. The maximum atomic E-state index is 13.7. The number of halogens is 2. The highest BCUT2D eigenvalue weighted by Crippen LogP contribution is 2.31. The molecule has 1 aromatic heterocycles. The first-order valence-electron chi connectivity index (χ1n) is 10.0. The standard InChI is InChI=1S/C23H22F2N4O3/c1-13(15-7-17(23(2,24)25)10-18(26)8-15)27-22(31)20-5-6-21(30)29(28-20)19-4-3-14-11-32-12-16(14)9-19/h3-10,13H,11-12,26H2,1-2H3,(H,27,31)/t13-/m1/s1. The van der Waals surface area contributed by atoms with Crippen molar-refractivity contribution >= 4 is 11.6 Å². The van der Waals surface area contributed by atoms with Crippen LogP contribution in [0.1, 0.15) is 52.6 Å². The summed E-state index contributed by atoms with van der Waals surface area (Å²) in [4.78, 5) is 25.1. The van der Waals surface area contributed by atoms with Crippen molar-refractivity contribution in [3.05, 3.63) is 86.8 Å². The van der Waals surface area contributed by atoms with Crippen LogP contribution >= 0.6 is 0 Å². The zero-order valence-electron chi connectivity index (χ0n) is 17.6. The average Bonchev–Trinajstić information content (AvgIpc) is 3.20. The summed E-state index contributed by atoms with van der Waals surface area (Å²) < 4.78 is 34.0. The van der Waals surface area contributed by atoms with E-state index in [1.54, 1.807) is 19.1 Å². The van der Waals surface area contributed by atoms with Gasteiger partial charge in [-0.3, -0.25) is 9.59 Å². The Morgan fingerprint density at radius 3 is 2.66 bits per heavy atom. The van der Waals surface area contributed by atoms with Gasteiger partial charge >= 0.3 is 0 Å². The fraction of sp³-hybridized carbons (Fsp3) is 0.261. The molecule has 1 aliphatic heterocycles. The molecule has 166 valence electrons. The summed E-state index contributed by atoms with van der Waals surface area (Å²) in [6.07, 6.45) is 0. The van der Waals surface area contributed by atoms with Crippen molar-refractivity contribution in [2.45, 2.75) is 39.0 Å². The first kappa shape index (κ1) is 21.6. The van der Waals surface area contributed by atoms with Crippen LogP contribution in [0.15, 0.2) is 53.3 Å². The zero-order chi connectivity index (χ0) is 23.0. The first-order valence-corrected chi connectivity index (χ1v) is 10.0. The molecule has 2 aromatic carbocycles. The van der Waals surface area contributed by atoms with Gasteiger partial charge in [-0.2, -0.15) is 9.78 Å². The molecule has 0 fully saturated rings. The highest BCUT2D eigenvalue weighted by Gasteiger charge is 2.26. The summed E-state index contributed by atoms with van der Waals surface area (Å²) in [5, 5.41) is 6.92. The smallest absolute Gasteiger partial charge is 0.272 e. The van der Waals surface area contributed by atoms with Gasteiger partial charge < -0.3 is 15.8 Å². The summed E-state index contributed by atoms with van der Waals surface area (Å²) in [6, 6.07) is 11.4. The van der Waals surface area contributed by atoms with E-state index in [2.05, 4.69) is 10.4 Å². The highest BCUT2D eigenvalue weighted by atomic mass is 19.3. The van der Waals surface area contributed by atoms with Crippen molar-refractivity contribution in [2.24, 2.45) is 0 Å². The Kier molecular flexibility index (Phi) is 5.52. The fourth-order valence-electron chi connectivity index (χ4n) is 3.54. The lowest BCUT2D eigenvalue weighted by Crippen LogP contribution is -2.31. The van der Waals surface area contributed by atoms with Crippen LogP contribution in [-0.2, 0) is 23.9 Å². The van der Waals surface area contributed by atoms with Gasteiger partial charge in [-0.1, -0.05) is 6.07 Å². The maximum absolute atomic E-state index is 13.7. The van der Waals surface area contributed by atoms with Crippen LogP contribution in [0.2, 0.25) is 0 Å². The van der Waals surface area contributed by atoms with Crippen LogP contribution in [0.5, 0.6) is 0 Å². The van der Waals surface area contributed by atoms with E-state index in [4.69, 9.17) is 10.5 Å². The van der Waals surface area contributed by atoms with Gasteiger partial charge in [0.25, 0.3) is 17.4 Å². The normalized spacial score (nSPS) is 14.1. The number of carbonyl (C=O) groups excluding carboxylic acids is 1. The predicted octanol–water partition coefficient (Wildman–Crippen LogP) is 3.45. The number of ether oxygens (including phenoxy) is 1. The minimum Gasteiger partial charge on any atom is -0.399 e. The molecule has 0 radical (unpaired) electrons. The van der Waals surface area contributed by atoms with E-state index in [9.17, 15) is 18.4 Å². The largest absolute Gasteiger partial charge is 0.399 e. The lowest BCUT2D eigenvalue weighted by atomic mass is 10.0.